The van der Waals surface area contributed by atoms with Crippen molar-refractivity contribution in [3.05, 3.63) is 0 Å². The first-order valence-corrected chi connectivity index (χ1v) is 3.71. The molecule has 0 aromatic carbocycles. The Kier molecular flexibility index (Phi) is 2.49. The molecule has 0 amide bonds. The van der Waals surface area contributed by atoms with Gasteiger partial charge in [0.25, 0.3) is 0 Å². The summed E-state index contributed by atoms with van der Waals surface area (Å²) >= 11 is 0. The molecule has 1 aliphatic heterocycles. The fraction of sp³-hybridized carbons (Fsp3) is 1.00. The summed E-state index contributed by atoms with van der Waals surface area (Å²) in [5.74, 6) is 0.844. The molecule has 2 N–H and O–H groups in total. The maximum atomic E-state index is 3.37. The van der Waals surface area contributed by atoms with Gasteiger partial charge in [0.1, 0.15) is 0 Å². The zero-order valence-electron chi connectivity index (χ0n) is 6.28. The lowest BCUT2D eigenvalue weighted by Gasteiger charge is -2.27. The molecule has 2 heteroatoms. The summed E-state index contributed by atoms with van der Waals surface area (Å²) < 4.78 is 0. The second-order valence-corrected chi connectivity index (χ2v) is 2.98. The number of nitrogens with one attached hydrogen (secondary N) is 2. The summed E-state index contributed by atoms with van der Waals surface area (Å²) in [6.07, 6.45) is 1.32. The molecule has 2 nitrogen and oxygen atoms in total. The van der Waals surface area contributed by atoms with Crippen LogP contribution in [-0.2, 0) is 0 Å². The quantitative estimate of drug-likeness (QED) is 0.527. The van der Waals surface area contributed by atoms with Gasteiger partial charge in [-0.3, -0.25) is 0 Å². The van der Waals surface area contributed by atoms with Crippen LogP contribution in [0.25, 0.3) is 0 Å². The third-order valence-electron chi connectivity index (χ3n) is 1.98. The van der Waals surface area contributed by atoms with E-state index in [2.05, 4.69) is 17.6 Å². The van der Waals surface area contributed by atoms with Crippen molar-refractivity contribution in [3.63, 3.8) is 0 Å². The van der Waals surface area contributed by atoms with Crippen molar-refractivity contribution in [2.45, 2.75) is 19.4 Å². The van der Waals surface area contributed by atoms with Crippen LogP contribution >= 0.6 is 0 Å². The SMILES string of the molecule is CNC1CNC[C@H](C)C1. The predicted octanol–water partition coefficient (Wildman–Crippen LogP) is 0.204. The zero-order valence-corrected chi connectivity index (χ0v) is 6.28. The van der Waals surface area contributed by atoms with Gasteiger partial charge in [-0.15, -0.1) is 0 Å². The minimum atomic E-state index is 0.703. The van der Waals surface area contributed by atoms with E-state index in [0.29, 0.717) is 6.04 Å². The highest BCUT2D eigenvalue weighted by Gasteiger charge is 2.15. The zero-order chi connectivity index (χ0) is 6.69. The van der Waals surface area contributed by atoms with Crippen LogP contribution in [0.15, 0.2) is 0 Å². The van der Waals surface area contributed by atoms with Gasteiger partial charge in [0.2, 0.25) is 0 Å². The Morgan fingerprint density at radius 3 is 2.67 bits per heavy atom. The van der Waals surface area contributed by atoms with Gasteiger partial charge in [0.05, 0.1) is 0 Å². The van der Waals surface area contributed by atoms with Gasteiger partial charge in [-0.1, -0.05) is 6.92 Å². The highest BCUT2D eigenvalue weighted by atomic mass is 15.0. The molecule has 1 heterocycles. The van der Waals surface area contributed by atoms with E-state index < -0.39 is 0 Å². The van der Waals surface area contributed by atoms with E-state index in [0.717, 1.165) is 12.5 Å². The molecular weight excluding hydrogens is 112 g/mol. The lowest BCUT2D eigenvalue weighted by Crippen LogP contribution is -2.44. The average molecular weight is 128 g/mol. The topological polar surface area (TPSA) is 24.1 Å². The molecule has 0 aromatic rings. The second-order valence-electron chi connectivity index (χ2n) is 2.98. The summed E-state index contributed by atoms with van der Waals surface area (Å²) in [5.41, 5.74) is 0. The van der Waals surface area contributed by atoms with E-state index in [1.165, 1.54) is 13.0 Å². The minimum Gasteiger partial charge on any atom is -0.316 e. The maximum Gasteiger partial charge on any atom is 0.0192 e. The van der Waals surface area contributed by atoms with Crippen molar-refractivity contribution in [3.8, 4) is 0 Å². The first-order chi connectivity index (χ1) is 4.33. The first-order valence-electron chi connectivity index (χ1n) is 3.71. The molecule has 0 bridgehead atoms. The number of hydrogen-bond acceptors (Lipinski definition) is 2. The molecule has 54 valence electrons. The highest BCUT2D eigenvalue weighted by molar-refractivity contribution is 4.77. The molecule has 1 saturated heterocycles. The normalized spacial score (nSPS) is 36.7. The van der Waals surface area contributed by atoms with Gasteiger partial charge < -0.3 is 10.6 Å². The second kappa shape index (κ2) is 3.18. The summed E-state index contributed by atoms with van der Waals surface area (Å²) in [7, 11) is 2.03. The van der Waals surface area contributed by atoms with Crippen LogP contribution in [-0.4, -0.2) is 26.2 Å². The van der Waals surface area contributed by atoms with Crippen molar-refractivity contribution in [2.24, 2.45) is 5.92 Å². The van der Waals surface area contributed by atoms with Crippen LogP contribution in [0.4, 0.5) is 0 Å². The number of hydrogen-bond donors (Lipinski definition) is 2. The maximum absolute atomic E-state index is 3.37. The van der Waals surface area contributed by atoms with Gasteiger partial charge in [0.15, 0.2) is 0 Å². The molecule has 0 spiro atoms. The molecule has 1 rings (SSSR count). The monoisotopic (exact) mass is 128 g/mol. The number of likely N-dealkylation sites (N-methyl/N-ethyl adjacent to an activating group) is 1. The molecule has 0 aromatic heterocycles. The van der Waals surface area contributed by atoms with Crippen LogP contribution in [0.5, 0.6) is 0 Å². The molecule has 9 heavy (non-hydrogen) atoms. The third kappa shape index (κ3) is 1.95. The van der Waals surface area contributed by atoms with Crippen molar-refractivity contribution in [1.29, 1.82) is 0 Å². The number of rotatable bonds is 1. The minimum absolute atomic E-state index is 0.703. The Bertz CT molecular complexity index is 83.0. The van der Waals surface area contributed by atoms with E-state index in [1.54, 1.807) is 0 Å². The Balaban J connectivity index is 2.23. The van der Waals surface area contributed by atoms with Crippen molar-refractivity contribution in [1.82, 2.24) is 10.6 Å². The van der Waals surface area contributed by atoms with Crippen molar-refractivity contribution >= 4 is 0 Å². The lowest BCUT2D eigenvalue weighted by molar-refractivity contribution is 0.333. The highest BCUT2D eigenvalue weighted by Crippen LogP contribution is 2.07. The first kappa shape index (κ1) is 7.03. The van der Waals surface area contributed by atoms with Gasteiger partial charge in [-0.2, -0.15) is 0 Å². The largest absolute Gasteiger partial charge is 0.316 e. The fourth-order valence-electron chi connectivity index (χ4n) is 1.38. The van der Waals surface area contributed by atoms with Gasteiger partial charge in [-0.25, -0.2) is 0 Å². The van der Waals surface area contributed by atoms with Gasteiger partial charge in [-0.05, 0) is 25.9 Å². The lowest BCUT2D eigenvalue weighted by atomic mass is 9.98. The van der Waals surface area contributed by atoms with Crippen LogP contribution in [0, 0.1) is 5.92 Å². The predicted molar refractivity (Wildman–Crippen MR) is 39.5 cm³/mol. The summed E-state index contributed by atoms with van der Waals surface area (Å²) in [4.78, 5) is 0. The smallest absolute Gasteiger partial charge is 0.0192 e. The van der Waals surface area contributed by atoms with E-state index in [9.17, 15) is 0 Å². The molecule has 2 atom stereocenters. The van der Waals surface area contributed by atoms with E-state index >= 15 is 0 Å². The molecular formula is C7H16N2. The van der Waals surface area contributed by atoms with Crippen molar-refractivity contribution in [2.75, 3.05) is 20.1 Å². The fourth-order valence-corrected chi connectivity index (χ4v) is 1.38. The van der Waals surface area contributed by atoms with Gasteiger partial charge in [0, 0.05) is 12.6 Å². The molecule has 1 fully saturated rings. The Hall–Kier alpha value is -0.0800. The van der Waals surface area contributed by atoms with Crippen molar-refractivity contribution < 1.29 is 0 Å². The Morgan fingerprint density at radius 1 is 1.44 bits per heavy atom. The average Bonchev–Trinajstić information content (AvgIpc) is 1.88. The van der Waals surface area contributed by atoms with Crippen LogP contribution in [0.3, 0.4) is 0 Å². The van der Waals surface area contributed by atoms with E-state index in [1.807, 2.05) is 7.05 Å². The van der Waals surface area contributed by atoms with Crippen LogP contribution < -0.4 is 10.6 Å². The molecule has 1 aliphatic rings. The molecule has 0 saturated carbocycles. The molecule has 0 aliphatic carbocycles. The molecule has 1 unspecified atom stereocenters. The van der Waals surface area contributed by atoms with Gasteiger partial charge >= 0.3 is 0 Å². The summed E-state index contributed by atoms with van der Waals surface area (Å²) in [6, 6.07) is 0.703. The third-order valence-corrected chi connectivity index (χ3v) is 1.98. The molecule has 0 radical (unpaired) electrons. The van der Waals surface area contributed by atoms with Crippen LogP contribution in [0.1, 0.15) is 13.3 Å². The summed E-state index contributed by atoms with van der Waals surface area (Å²) in [6.45, 7) is 4.62. The standard InChI is InChI=1S/C7H16N2/c1-6-3-7(8-2)5-9-4-6/h6-9H,3-5H2,1-2H3/t6-,7?/m1/s1. The van der Waals surface area contributed by atoms with E-state index in [-0.39, 0.29) is 0 Å². The Morgan fingerprint density at radius 2 is 2.22 bits per heavy atom. The van der Waals surface area contributed by atoms with Crippen LogP contribution in [0.2, 0.25) is 0 Å². The summed E-state index contributed by atoms with van der Waals surface area (Å²) in [5, 5.41) is 6.64. The Labute approximate surface area is 57.0 Å². The number of piperidine rings is 1. The van der Waals surface area contributed by atoms with E-state index in [4.69, 9.17) is 0 Å².